The summed E-state index contributed by atoms with van der Waals surface area (Å²) in [5.74, 6) is -1.97. The molecule has 8 heteroatoms. The van der Waals surface area contributed by atoms with E-state index in [1.807, 2.05) is 6.07 Å². The quantitative estimate of drug-likeness (QED) is 0.303. The minimum atomic E-state index is -1.07. The van der Waals surface area contributed by atoms with Gasteiger partial charge in [-0.15, -0.1) is 24.0 Å². The van der Waals surface area contributed by atoms with E-state index in [0.717, 1.165) is 21.2 Å². The zero-order valence-electron chi connectivity index (χ0n) is 14.6. The third-order valence-electron chi connectivity index (χ3n) is 3.63. The number of hydrogen-bond acceptors (Lipinski definition) is 6. The highest BCUT2D eigenvalue weighted by atomic mass is 32.1. The minimum absolute atomic E-state index is 0. The summed E-state index contributed by atoms with van der Waals surface area (Å²) in [6, 6.07) is 14.0. The topological polar surface area (TPSA) is 115 Å². The summed E-state index contributed by atoms with van der Waals surface area (Å²) in [5.41, 5.74) is 2.25. The molecule has 0 aliphatic heterocycles. The van der Waals surface area contributed by atoms with E-state index in [9.17, 15) is 9.59 Å². The Hall–Kier alpha value is -2.65. The normalized spacial score (nSPS) is 10.7. The van der Waals surface area contributed by atoms with Crippen LogP contribution in [-0.2, 0) is 18.0 Å². The van der Waals surface area contributed by atoms with Gasteiger partial charge in [0.1, 0.15) is 4.88 Å². The first-order valence-electron chi connectivity index (χ1n) is 8.04. The van der Waals surface area contributed by atoms with Crippen LogP contribution in [0.15, 0.2) is 53.4 Å². The smallest absolute Gasteiger partial charge is 0.345 e. The Morgan fingerprint density at radius 2 is 1.62 bits per heavy atom. The summed E-state index contributed by atoms with van der Waals surface area (Å²) >= 11 is 5.04. The van der Waals surface area contributed by atoms with E-state index >= 15 is 0 Å². The Labute approximate surface area is 177 Å². The maximum absolute atomic E-state index is 10.7. The average Bonchev–Trinajstić information content (AvgIpc) is 3.12. The van der Waals surface area contributed by atoms with Crippen LogP contribution in [0.5, 0.6) is 0 Å². The predicted molar refractivity (Wildman–Crippen MR) is 118 cm³/mol. The van der Waals surface area contributed by atoms with E-state index in [0.29, 0.717) is 10.4 Å². The Morgan fingerprint density at radius 3 is 2.21 bits per heavy atom. The molecule has 1 aromatic heterocycles. The zero-order chi connectivity index (χ0) is 20.7. The molecule has 0 unspecified atom stereocenters. The fourth-order valence-corrected chi connectivity index (χ4v) is 3.33. The van der Waals surface area contributed by atoms with Gasteiger partial charge in [0.05, 0.1) is 18.1 Å². The van der Waals surface area contributed by atoms with Crippen molar-refractivity contribution in [1.82, 2.24) is 0 Å². The van der Waals surface area contributed by atoms with E-state index in [2.05, 4.69) is 12.6 Å². The molecule has 0 atom stereocenters. The fraction of sp³-hybridized carbons (Fsp3) is 0.143. The van der Waals surface area contributed by atoms with Crippen molar-refractivity contribution in [2.45, 2.75) is 20.6 Å². The lowest BCUT2D eigenvalue weighted by Crippen LogP contribution is -1.93. The van der Waals surface area contributed by atoms with Gasteiger partial charge in [0.25, 0.3) is 0 Å². The number of hydrogen-bond donors (Lipinski definition) is 5. The van der Waals surface area contributed by atoms with Crippen molar-refractivity contribution in [3.05, 3.63) is 75.0 Å². The molecule has 0 amide bonds. The maximum atomic E-state index is 10.7. The van der Waals surface area contributed by atoms with Gasteiger partial charge >= 0.3 is 11.9 Å². The second-order valence-electron chi connectivity index (χ2n) is 5.68. The van der Waals surface area contributed by atoms with Gasteiger partial charge in [-0.05, 0) is 52.4 Å². The number of carboxylic acid groups (broad SMARTS) is 2. The van der Waals surface area contributed by atoms with Gasteiger partial charge in [0.15, 0.2) is 0 Å². The Morgan fingerprint density at radius 1 is 0.966 bits per heavy atom. The Kier molecular flexibility index (Phi) is 9.57. The number of benzene rings is 2. The number of thiol groups is 1. The van der Waals surface area contributed by atoms with Crippen molar-refractivity contribution in [3.8, 4) is 0 Å². The van der Waals surface area contributed by atoms with Gasteiger partial charge in [-0.25, -0.2) is 9.59 Å². The van der Waals surface area contributed by atoms with Gasteiger partial charge in [-0.1, -0.05) is 31.7 Å². The first kappa shape index (κ1) is 24.4. The lowest BCUT2D eigenvalue weighted by atomic mass is 10.1. The Balaban J connectivity index is 0.000000280. The number of aliphatic hydroxyl groups is 2. The van der Waals surface area contributed by atoms with E-state index in [-0.39, 0.29) is 25.5 Å². The molecule has 0 radical (unpaired) electrons. The molecular weight excluding hydrogens is 412 g/mol. The van der Waals surface area contributed by atoms with Crippen LogP contribution in [-0.4, -0.2) is 32.4 Å². The van der Waals surface area contributed by atoms with Crippen LogP contribution in [0, 0.1) is 0 Å². The fourth-order valence-electron chi connectivity index (χ4n) is 2.30. The van der Waals surface area contributed by atoms with E-state index < -0.39 is 11.9 Å². The first-order chi connectivity index (χ1) is 13.3. The summed E-state index contributed by atoms with van der Waals surface area (Å²) in [6.45, 7) is -0.0785. The highest BCUT2D eigenvalue weighted by Gasteiger charge is 2.08. The number of aromatic carboxylic acids is 1. The molecule has 0 aliphatic carbocycles. The lowest BCUT2D eigenvalue weighted by Gasteiger charge is -1.98. The van der Waals surface area contributed by atoms with Crippen LogP contribution in [0.4, 0.5) is 0 Å². The van der Waals surface area contributed by atoms with Gasteiger partial charge in [0, 0.05) is 4.70 Å². The molecule has 0 saturated carbocycles. The molecule has 0 saturated heterocycles. The molecule has 2 aromatic carbocycles. The van der Waals surface area contributed by atoms with Crippen molar-refractivity contribution in [1.29, 1.82) is 0 Å². The van der Waals surface area contributed by atoms with Crippen molar-refractivity contribution in [2.24, 2.45) is 0 Å². The molecule has 1 heterocycles. The van der Waals surface area contributed by atoms with Gasteiger partial charge < -0.3 is 20.4 Å². The maximum Gasteiger partial charge on any atom is 0.345 e. The Bertz CT molecular complexity index is 1020. The number of rotatable bonds is 5. The lowest BCUT2D eigenvalue weighted by molar-refractivity contribution is -0.131. The molecule has 0 aliphatic rings. The van der Waals surface area contributed by atoms with Crippen LogP contribution in [0.2, 0.25) is 0 Å². The molecule has 3 rings (SSSR count). The van der Waals surface area contributed by atoms with Crippen LogP contribution >= 0.6 is 24.0 Å². The molecule has 0 spiro atoms. The number of carboxylic acids is 2. The molecular formula is C21H22O6S2. The van der Waals surface area contributed by atoms with E-state index in [4.69, 9.17) is 20.4 Å². The summed E-state index contributed by atoms with van der Waals surface area (Å²) in [7, 11) is 0. The molecule has 0 fully saturated rings. The molecule has 154 valence electrons. The van der Waals surface area contributed by atoms with Crippen molar-refractivity contribution in [3.63, 3.8) is 0 Å². The summed E-state index contributed by atoms with van der Waals surface area (Å²) in [6.07, 6.45) is 1.44. The summed E-state index contributed by atoms with van der Waals surface area (Å²) < 4.78 is 0.930. The minimum Gasteiger partial charge on any atom is -0.477 e. The molecule has 3 aromatic rings. The van der Waals surface area contributed by atoms with Gasteiger partial charge in [-0.3, -0.25) is 0 Å². The average molecular weight is 435 g/mol. The number of carbonyl (C=O) groups is 2. The summed E-state index contributed by atoms with van der Waals surface area (Å²) in [4.78, 5) is 21.5. The summed E-state index contributed by atoms with van der Waals surface area (Å²) in [5, 5.41) is 36.0. The van der Waals surface area contributed by atoms with Gasteiger partial charge in [0.2, 0.25) is 0 Å². The molecule has 6 nitrogen and oxygen atoms in total. The third kappa shape index (κ3) is 7.03. The van der Waals surface area contributed by atoms with E-state index in [1.165, 1.54) is 17.4 Å². The highest BCUT2D eigenvalue weighted by Crippen LogP contribution is 2.26. The van der Waals surface area contributed by atoms with Crippen molar-refractivity contribution < 1.29 is 30.0 Å². The first-order valence-corrected chi connectivity index (χ1v) is 9.30. The van der Waals surface area contributed by atoms with Crippen LogP contribution in [0.25, 0.3) is 16.2 Å². The van der Waals surface area contributed by atoms with Crippen LogP contribution in [0.1, 0.15) is 33.8 Å². The molecule has 29 heavy (non-hydrogen) atoms. The SMILES string of the molecule is C.O=C(O)/C(S)=C/c1cccc(CO)c1.O=C(O)c1cc2cc(CO)ccc2s1. The van der Waals surface area contributed by atoms with Crippen molar-refractivity contribution in [2.75, 3.05) is 0 Å². The van der Waals surface area contributed by atoms with Gasteiger partial charge in [-0.2, -0.15) is 0 Å². The number of fused-ring (bicyclic) bond motifs is 1. The molecule has 0 bridgehead atoms. The van der Waals surface area contributed by atoms with Crippen LogP contribution in [0.3, 0.4) is 0 Å². The second kappa shape index (κ2) is 11.4. The highest BCUT2D eigenvalue weighted by molar-refractivity contribution is 7.85. The zero-order valence-corrected chi connectivity index (χ0v) is 16.3. The largest absolute Gasteiger partial charge is 0.477 e. The standard InChI is InChI=1S/C10H8O3S.C10H10O3S.CH4/c11-5-6-1-2-8-7(3-6)4-9(14-8)10(12)13;11-6-8-3-1-2-7(4-8)5-9(14)10(12)13;/h1-4,11H,5H2,(H,12,13);1-5,11,14H,6H2,(H,12,13);1H4/b;9-5-;. The predicted octanol–water partition coefficient (Wildman–Crippen LogP) is 4.26. The second-order valence-corrected chi connectivity index (χ2v) is 7.25. The number of thiophene rings is 1. The number of aliphatic carboxylic acids is 1. The monoisotopic (exact) mass is 434 g/mol. The molecule has 4 N–H and O–H groups in total. The van der Waals surface area contributed by atoms with Crippen molar-refractivity contribution >= 4 is 52.1 Å². The number of aliphatic hydroxyl groups excluding tert-OH is 2. The van der Waals surface area contributed by atoms with E-state index in [1.54, 1.807) is 42.5 Å². The third-order valence-corrected chi connectivity index (χ3v) is 5.05. The van der Waals surface area contributed by atoms with Crippen LogP contribution < -0.4 is 0 Å².